The normalized spacial score (nSPS) is 14.3. The van der Waals surface area contributed by atoms with Gasteiger partial charge in [0.1, 0.15) is 0 Å². The Bertz CT molecular complexity index is 331. The summed E-state index contributed by atoms with van der Waals surface area (Å²) in [7, 11) is 13.0. The van der Waals surface area contributed by atoms with E-state index in [2.05, 4.69) is 27.7 Å². The highest BCUT2D eigenvalue weighted by molar-refractivity contribution is 8.77. The van der Waals surface area contributed by atoms with E-state index in [-0.39, 0.29) is 9.49 Å². The Kier molecular flexibility index (Phi) is 12.3. The molecular weight excluding hydrogens is 401 g/mol. The number of ether oxygens (including phenoxy) is 4. The molecule has 0 radical (unpaired) electrons. The van der Waals surface area contributed by atoms with Gasteiger partial charge in [0.15, 0.2) is 11.6 Å². The number of hydrogen-bond donors (Lipinski definition) is 0. The van der Waals surface area contributed by atoms with Crippen molar-refractivity contribution >= 4 is 42.1 Å². The van der Waals surface area contributed by atoms with E-state index in [1.165, 1.54) is 0 Å². The molecule has 0 aliphatic rings. The summed E-state index contributed by atoms with van der Waals surface area (Å²) in [4.78, 5) is 0. The van der Waals surface area contributed by atoms with Gasteiger partial charge in [-0.05, 0) is 37.8 Å². The maximum atomic E-state index is 6.00. The van der Waals surface area contributed by atoms with Gasteiger partial charge in [-0.2, -0.15) is 0 Å². The number of hydrogen-bond acceptors (Lipinski definition) is 6. The first-order chi connectivity index (χ1) is 12.3. The molecule has 0 amide bonds. The van der Waals surface area contributed by atoms with Gasteiger partial charge in [-0.15, -0.1) is 0 Å². The van der Waals surface area contributed by atoms with Crippen LogP contribution < -0.4 is 0 Å². The van der Waals surface area contributed by atoms with E-state index in [0.717, 1.165) is 58.3 Å². The fourth-order valence-corrected chi connectivity index (χ4v) is 12.1. The van der Waals surface area contributed by atoms with Gasteiger partial charge in [-0.1, -0.05) is 49.3 Å². The molecule has 0 atom stereocenters. The zero-order valence-electron chi connectivity index (χ0n) is 18.7. The third kappa shape index (κ3) is 4.58. The molecule has 0 bridgehead atoms. The van der Waals surface area contributed by atoms with Gasteiger partial charge in [0.25, 0.3) is 0 Å². The minimum atomic E-state index is -0.544. The van der Waals surface area contributed by atoms with Crippen molar-refractivity contribution in [1.29, 1.82) is 0 Å². The van der Waals surface area contributed by atoms with Crippen LogP contribution in [0.5, 0.6) is 0 Å². The summed E-state index contributed by atoms with van der Waals surface area (Å²) < 4.78 is 23.8. The standard InChI is InChI=1S/C18H42O4S2Si2/c1-9-15(10-2,17(13-25,19-5)20-6)23-24-16(11-3,12-4)18(14-26,21-7)22-8/h9-14H2,1-8,25-26H3. The molecule has 0 saturated heterocycles. The second-order valence-electron chi connectivity index (χ2n) is 6.60. The minimum absolute atomic E-state index is 0.114. The van der Waals surface area contributed by atoms with E-state index in [9.17, 15) is 0 Å². The van der Waals surface area contributed by atoms with Crippen LogP contribution >= 0.6 is 21.6 Å². The Balaban J connectivity index is 6.00. The lowest BCUT2D eigenvalue weighted by Crippen LogP contribution is -2.56. The third-order valence-electron chi connectivity index (χ3n) is 6.28. The highest BCUT2D eigenvalue weighted by Crippen LogP contribution is 2.59. The maximum Gasteiger partial charge on any atom is 0.179 e. The van der Waals surface area contributed by atoms with Crippen molar-refractivity contribution in [2.45, 2.75) is 86.5 Å². The molecule has 8 heteroatoms. The summed E-state index contributed by atoms with van der Waals surface area (Å²) in [5, 5.41) is 0. The van der Waals surface area contributed by atoms with Crippen LogP contribution in [-0.4, -0.2) is 70.0 Å². The van der Waals surface area contributed by atoms with Crippen molar-refractivity contribution in [2.75, 3.05) is 28.4 Å². The first-order valence-corrected chi connectivity index (χ1v) is 14.9. The summed E-state index contributed by atoms with van der Waals surface area (Å²) in [6, 6.07) is 1.89. The van der Waals surface area contributed by atoms with Gasteiger partial charge < -0.3 is 18.9 Å². The van der Waals surface area contributed by atoms with Crippen LogP contribution in [0.15, 0.2) is 0 Å². The molecular formula is C18H42O4S2Si2. The lowest BCUT2D eigenvalue weighted by atomic mass is 9.92. The van der Waals surface area contributed by atoms with Gasteiger partial charge >= 0.3 is 0 Å². The Hall–Kier alpha value is 0.974. The first-order valence-electron chi connectivity index (χ1n) is 9.89. The van der Waals surface area contributed by atoms with Crippen molar-refractivity contribution in [3.05, 3.63) is 0 Å². The fraction of sp³-hybridized carbons (Fsp3) is 1.00. The van der Waals surface area contributed by atoms with Crippen LogP contribution in [-0.2, 0) is 18.9 Å². The lowest BCUT2D eigenvalue weighted by molar-refractivity contribution is -0.216. The van der Waals surface area contributed by atoms with Gasteiger partial charge in [-0.3, -0.25) is 0 Å². The predicted octanol–water partition coefficient (Wildman–Crippen LogP) is 3.03. The SMILES string of the molecule is CCC(CC)(SSC(CC)(CC)C(C[SiH3])(OC)OC)C(C[SiH3])(OC)OC. The largest absolute Gasteiger partial charge is 0.352 e. The third-order valence-corrected chi connectivity index (χ3v) is 12.8. The van der Waals surface area contributed by atoms with Crippen molar-refractivity contribution in [3.8, 4) is 0 Å². The molecule has 0 saturated carbocycles. The van der Waals surface area contributed by atoms with Crippen LogP contribution in [0.25, 0.3) is 0 Å². The Labute approximate surface area is 175 Å². The smallest absolute Gasteiger partial charge is 0.179 e. The summed E-state index contributed by atoms with van der Waals surface area (Å²) in [5.41, 5.74) is 0. The summed E-state index contributed by atoms with van der Waals surface area (Å²) in [5.74, 6) is -1.09. The van der Waals surface area contributed by atoms with Crippen LogP contribution in [0.2, 0.25) is 12.1 Å². The summed E-state index contributed by atoms with van der Waals surface area (Å²) in [6.07, 6.45) is 3.95. The lowest BCUT2D eigenvalue weighted by Gasteiger charge is -2.51. The van der Waals surface area contributed by atoms with Crippen molar-refractivity contribution in [2.24, 2.45) is 0 Å². The number of methoxy groups -OCH3 is 4. The van der Waals surface area contributed by atoms with Crippen LogP contribution in [0.1, 0.15) is 53.4 Å². The molecule has 0 unspecified atom stereocenters. The molecule has 0 aromatic carbocycles. The minimum Gasteiger partial charge on any atom is -0.352 e. The van der Waals surface area contributed by atoms with Gasteiger partial charge in [0, 0.05) is 48.9 Å². The Morgan fingerprint density at radius 3 is 0.923 bits per heavy atom. The molecule has 0 fully saturated rings. The van der Waals surface area contributed by atoms with Gasteiger partial charge in [-0.25, -0.2) is 0 Å². The molecule has 0 aliphatic carbocycles. The van der Waals surface area contributed by atoms with Crippen LogP contribution in [0, 0.1) is 0 Å². The summed E-state index contributed by atoms with van der Waals surface area (Å²) in [6.45, 7) is 8.97. The molecule has 26 heavy (non-hydrogen) atoms. The molecule has 0 aromatic heterocycles. The monoisotopic (exact) mass is 442 g/mol. The molecule has 158 valence electrons. The van der Waals surface area contributed by atoms with Gasteiger partial charge in [0.2, 0.25) is 0 Å². The maximum absolute atomic E-state index is 6.00. The summed E-state index contributed by atoms with van der Waals surface area (Å²) >= 11 is 0. The van der Waals surface area contributed by atoms with E-state index >= 15 is 0 Å². The zero-order chi connectivity index (χ0) is 20.5. The number of rotatable bonds is 15. The second-order valence-corrected chi connectivity index (χ2v) is 10.9. The van der Waals surface area contributed by atoms with Crippen molar-refractivity contribution in [3.63, 3.8) is 0 Å². The van der Waals surface area contributed by atoms with Gasteiger partial charge in [0.05, 0.1) is 9.49 Å². The fourth-order valence-electron chi connectivity index (χ4n) is 4.23. The molecule has 0 N–H and O–H groups in total. The molecule has 4 nitrogen and oxygen atoms in total. The highest BCUT2D eigenvalue weighted by atomic mass is 33.1. The first kappa shape index (κ1) is 27.0. The van der Waals surface area contributed by atoms with Crippen LogP contribution in [0.4, 0.5) is 0 Å². The molecule has 0 heterocycles. The van der Waals surface area contributed by atoms with E-state index in [4.69, 9.17) is 18.9 Å². The van der Waals surface area contributed by atoms with E-state index in [1.54, 1.807) is 28.4 Å². The molecule has 0 spiro atoms. The quantitative estimate of drug-likeness (QED) is 0.220. The average molecular weight is 443 g/mol. The van der Waals surface area contributed by atoms with Crippen molar-refractivity contribution < 1.29 is 18.9 Å². The van der Waals surface area contributed by atoms with E-state index in [0.29, 0.717) is 0 Å². The second kappa shape index (κ2) is 11.8. The van der Waals surface area contributed by atoms with E-state index < -0.39 is 11.6 Å². The Morgan fingerprint density at radius 1 is 0.577 bits per heavy atom. The average Bonchev–Trinajstić information content (AvgIpc) is 2.71. The predicted molar refractivity (Wildman–Crippen MR) is 125 cm³/mol. The molecule has 0 rings (SSSR count). The molecule has 0 aromatic rings. The van der Waals surface area contributed by atoms with Crippen LogP contribution in [0.3, 0.4) is 0 Å². The molecule has 0 aliphatic heterocycles. The Morgan fingerprint density at radius 2 is 0.808 bits per heavy atom. The topological polar surface area (TPSA) is 36.9 Å². The van der Waals surface area contributed by atoms with E-state index in [1.807, 2.05) is 21.6 Å². The van der Waals surface area contributed by atoms with Crippen molar-refractivity contribution in [1.82, 2.24) is 0 Å². The highest BCUT2D eigenvalue weighted by Gasteiger charge is 2.55. The zero-order valence-corrected chi connectivity index (χ0v) is 24.3.